The van der Waals surface area contributed by atoms with Gasteiger partial charge in [0.25, 0.3) is 0 Å². The number of esters is 1. The third-order valence-electron chi connectivity index (χ3n) is 2.09. The Bertz CT molecular complexity index is 428. The van der Waals surface area contributed by atoms with Crippen molar-refractivity contribution in [2.45, 2.75) is 24.5 Å². The van der Waals surface area contributed by atoms with Crippen molar-refractivity contribution in [2.24, 2.45) is 12.8 Å². The molecule has 96 valence electrons. The van der Waals surface area contributed by atoms with Crippen LogP contribution >= 0.6 is 11.8 Å². The quantitative estimate of drug-likeness (QED) is 0.527. The molecule has 0 saturated carbocycles. The highest BCUT2D eigenvalue weighted by Gasteiger charge is 2.14. The van der Waals surface area contributed by atoms with Gasteiger partial charge in [0.2, 0.25) is 0 Å². The molecule has 0 radical (unpaired) electrons. The second kappa shape index (κ2) is 6.45. The van der Waals surface area contributed by atoms with Gasteiger partial charge in [0.1, 0.15) is 6.04 Å². The first kappa shape index (κ1) is 13.8. The Hall–Kier alpha value is -1.28. The molecular weight excluding hydrogens is 244 g/mol. The number of nitrogens with one attached hydrogen (secondary N) is 1. The average molecular weight is 260 g/mol. The van der Waals surface area contributed by atoms with Gasteiger partial charge < -0.3 is 10.5 Å². The molecule has 0 aliphatic carbocycles. The molecule has 0 aromatic carbocycles. The number of hydrogen-bond donors (Lipinski definition) is 2. The van der Waals surface area contributed by atoms with Crippen LogP contribution in [0.4, 0.5) is 0 Å². The first-order valence-corrected chi connectivity index (χ1v) is 6.21. The van der Waals surface area contributed by atoms with E-state index in [4.69, 9.17) is 10.5 Å². The number of H-pyrrole nitrogens is 1. The van der Waals surface area contributed by atoms with E-state index in [-0.39, 0.29) is 5.69 Å². The van der Waals surface area contributed by atoms with Crippen molar-refractivity contribution in [2.75, 3.05) is 12.4 Å². The average Bonchev–Trinajstić information content (AvgIpc) is 2.61. The van der Waals surface area contributed by atoms with Gasteiger partial charge in [0, 0.05) is 12.8 Å². The first-order chi connectivity index (χ1) is 8.06. The zero-order chi connectivity index (χ0) is 12.8. The van der Waals surface area contributed by atoms with Gasteiger partial charge in [-0.2, -0.15) is 0 Å². The van der Waals surface area contributed by atoms with Crippen molar-refractivity contribution < 1.29 is 9.53 Å². The van der Waals surface area contributed by atoms with Crippen molar-refractivity contribution in [3.63, 3.8) is 0 Å². The summed E-state index contributed by atoms with van der Waals surface area (Å²) in [6, 6.07) is -0.626. The number of rotatable bonds is 6. The van der Waals surface area contributed by atoms with Crippen molar-refractivity contribution in [3.05, 3.63) is 10.5 Å². The second-order valence-electron chi connectivity index (χ2n) is 3.37. The zero-order valence-corrected chi connectivity index (χ0v) is 10.6. The SMILES string of the molecule is CCOC(=O)C(N)CCSc1n[nH]c(=O)n1C. The summed E-state index contributed by atoms with van der Waals surface area (Å²) < 4.78 is 6.19. The zero-order valence-electron chi connectivity index (χ0n) is 9.80. The molecule has 1 atom stereocenters. The van der Waals surface area contributed by atoms with Crippen molar-refractivity contribution >= 4 is 17.7 Å². The fraction of sp³-hybridized carbons (Fsp3) is 0.667. The molecule has 1 unspecified atom stereocenters. The molecule has 1 rings (SSSR count). The molecule has 0 saturated heterocycles. The molecule has 0 aliphatic rings. The molecule has 17 heavy (non-hydrogen) atoms. The van der Waals surface area contributed by atoms with E-state index in [0.717, 1.165) is 0 Å². The van der Waals surface area contributed by atoms with Crippen molar-refractivity contribution in [1.82, 2.24) is 14.8 Å². The molecule has 7 nitrogen and oxygen atoms in total. The molecule has 0 fully saturated rings. The highest BCUT2D eigenvalue weighted by atomic mass is 32.2. The third kappa shape index (κ3) is 3.90. The fourth-order valence-electron chi connectivity index (χ4n) is 1.11. The highest BCUT2D eigenvalue weighted by Crippen LogP contribution is 2.13. The summed E-state index contributed by atoms with van der Waals surface area (Å²) in [5.74, 6) is 0.196. The molecule has 0 amide bonds. The summed E-state index contributed by atoms with van der Waals surface area (Å²) in [6.07, 6.45) is 0.477. The van der Waals surface area contributed by atoms with Gasteiger partial charge in [-0.3, -0.25) is 9.36 Å². The number of aromatic amines is 1. The van der Waals surface area contributed by atoms with Gasteiger partial charge in [0.15, 0.2) is 5.16 Å². The summed E-state index contributed by atoms with van der Waals surface area (Å²) in [4.78, 5) is 22.3. The van der Waals surface area contributed by atoms with E-state index < -0.39 is 12.0 Å². The van der Waals surface area contributed by atoms with Gasteiger partial charge in [-0.25, -0.2) is 9.89 Å². The molecule has 0 aliphatic heterocycles. The minimum Gasteiger partial charge on any atom is -0.465 e. The third-order valence-corrected chi connectivity index (χ3v) is 3.15. The number of aromatic nitrogens is 3. The number of nitrogens with zero attached hydrogens (tertiary/aromatic N) is 2. The Labute approximate surface area is 103 Å². The number of carbonyl (C=O) groups excluding carboxylic acids is 1. The molecule has 3 N–H and O–H groups in total. The standard InChI is InChI=1S/C9H16N4O3S/c1-3-16-7(14)6(10)4-5-17-9-12-11-8(15)13(9)2/h6H,3-5,10H2,1-2H3,(H,11,15). The summed E-state index contributed by atoms with van der Waals surface area (Å²) in [5, 5.41) is 6.73. The summed E-state index contributed by atoms with van der Waals surface area (Å²) >= 11 is 1.36. The van der Waals surface area contributed by atoms with E-state index in [1.807, 2.05) is 0 Å². The van der Waals surface area contributed by atoms with Crippen molar-refractivity contribution in [1.29, 1.82) is 0 Å². The molecular formula is C9H16N4O3S. The smallest absolute Gasteiger partial charge is 0.343 e. The fourth-order valence-corrected chi connectivity index (χ4v) is 2.05. The molecule has 8 heteroatoms. The molecule has 0 spiro atoms. The van der Waals surface area contributed by atoms with Crippen LogP contribution in [-0.2, 0) is 16.6 Å². The number of hydrogen-bond acceptors (Lipinski definition) is 6. The van der Waals surface area contributed by atoms with Gasteiger partial charge in [-0.15, -0.1) is 5.10 Å². The lowest BCUT2D eigenvalue weighted by atomic mass is 10.2. The van der Waals surface area contributed by atoms with Gasteiger partial charge in [-0.05, 0) is 13.3 Å². The van der Waals surface area contributed by atoms with E-state index in [1.165, 1.54) is 16.3 Å². The van der Waals surface area contributed by atoms with Crippen LogP contribution < -0.4 is 11.4 Å². The van der Waals surface area contributed by atoms with Crippen LogP contribution in [0.3, 0.4) is 0 Å². The van der Waals surface area contributed by atoms with Crippen LogP contribution in [0.2, 0.25) is 0 Å². The number of nitrogens with two attached hydrogens (primary N) is 1. The maximum atomic E-state index is 11.2. The second-order valence-corrected chi connectivity index (χ2v) is 4.43. The summed E-state index contributed by atoms with van der Waals surface area (Å²) in [7, 11) is 1.62. The van der Waals surface area contributed by atoms with Gasteiger partial charge in [0.05, 0.1) is 6.61 Å². The number of thioether (sulfide) groups is 1. The normalized spacial score (nSPS) is 12.4. The van der Waals surface area contributed by atoms with Crippen LogP contribution in [0.1, 0.15) is 13.3 Å². The Morgan fingerprint density at radius 1 is 1.71 bits per heavy atom. The minimum absolute atomic E-state index is 0.262. The Morgan fingerprint density at radius 2 is 2.41 bits per heavy atom. The van der Waals surface area contributed by atoms with E-state index in [1.54, 1.807) is 14.0 Å². The van der Waals surface area contributed by atoms with Crippen LogP contribution in [0.15, 0.2) is 9.95 Å². The van der Waals surface area contributed by atoms with Crippen molar-refractivity contribution in [3.8, 4) is 0 Å². The predicted octanol–water partition coefficient (Wildman–Crippen LogP) is -0.519. The van der Waals surface area contributed by atoms with E-state index in [9.17, 15) is 9.59 Å². The van der Waals surface area contributed by atoms with E-state index in [2.05, 4.69) is 10.2 Å². The Balaban J connectivity index is 2.35. The predicted molar refractivity (Wildman–Crippen MR) is 63.8 cm³/mol. The maximum absolute atomic E-state index is 11.2. The molecule has 1 aromatic rings. The molecule has 0 bridgehead atoms. The molecule has 1 aromatic heterocycles. The van der Waals surface area contributed by atoms with Crippen LogP contribution in [0, 0.1) is 0 Å². The van der Waals surface area contributed by atoms with E-state index in [0.29, 0.717) is 23.9 Å². The summed E-state index contributed by atoms with van der Waals surface area (Å²) in [5.41, 5.74) is 5.36. The van der Waals surface area contributed by atoms with Gasteiger partial charge in [-0.1, -0.05) is 11.8 Å². The maximum Gasteiger partial charge on any atom is 0.343 e. The number of carbonyl (C=O) groups is 1. The summed E-state index contributed by atoms with van der Waals surface area (Å²) in [6.45, 7) is 2.06. The van der Waals surface area contributed by atoms with Crippen LogP contribution in [-0.4, -0.2) is 39.1 Å². The van der Waals surface area contributed by atoms with Crippen LogP contribution in [0.25, 0.3) is 0 Å². The van der Waals surface area contributed by atoms with Gasteiger partial charge >= 0.3 is 11.7 Å². The first-order valence-electron chi connectivity index (χ1n) is 5.22. The Morgan fingerprint density at radius 3 is 2.94 bits per heavy atom. The minimum atomic E-state index is -0.626. The lowest BCUT2D eigenvalue weighted by molar-refractivity contribution is -0.144. The van der Waals surface area contributed by atoms with E-state index >= 15 is 0 Å². The monoisotopic (exact) mass is 260 g/mol. The van der Waals surface area contributed by atoms with Crippen LogP contribution in [0.5, 0.6) is 0 Å². The lowest BCUT2D eigenvalue weighted by Crippen LogP contribution is -2.32. The largest absolute Gasteiger partial charge is 0.465 e. The lowest BCUT2D eigenvalue weighted by Gasteiger charge is -2.09. The topological polar surface area (TPSA) is 103 Å². The highest BCUT2D eigenvalue weighted by molar-refractivity contribution is 7.99. The number of ether oxygens (including phenoxy) is 1. The molecule has 1 heterocycles. The Kier molecular flexibility index (Phi) is 5.23.